The highest BCUT2D eigenvalue weighted by molar-refractivity contribution is 6.08. The van der Waals surface area contributed by atoms with Gasteiger partial charge in [-0.1, -0.05) is 0 Å². The number of carbonyl (C=O) groups is 1. The van der Waals surface area contributed by atoms with Crippen LogP contribution in [0, 0.1) is 6.92 Å². The van der Waals surface area contributed by atoms with Crippen molar-refractivity contribution in [3.63, 3.8) is 0 Å². The van der Waals surface area contributed by atoms with E-state index in [4.69, 9.17) is 10.5 Å². The number of aromatic nitrogens is 1. The Hall–Kier alpha value is -2.76. The quantitative estimate of drug-likeness (QED) is 0.742. The van der Waals surface area contributed by atoms with Gasteiger partial charge >= 0.3 is 0 Å². The van der Waals surface area contributed by atoms with Gasteiger partial charge in [0.2, 0.25) is 0 Å². The minimum absolute atomic E-state index is 0.101. The maximum atomic E-state index is 12.1. The zero-order valence-electron chi connectivity index (χ0n) is 11.2. The van der Waals surface area contributed by atoms with E-state index in [1.54, 1.807) is 31.2 Å². The van der Waals surface area contributed by atoms with Crippen LogP contribution < -0.4 is 15.8 Å². The lowest BCUT2D eigenvalue weighted by molar-refractivity contribution is 0.102. The molecule has 0 radical (unpaired) electrons. The van der Waals surface area contributed by atoms with Crippen molar-refractivity contribution in [3.05, 3.63) is 41.6 Å². The summed E-state index contributed by atoms with van der Waals surface area (Å²) in [6.07, 6.45) is 0. The van der Waals surface area contributed by atoms with Crippen molar-refractivity contribution in [2.75, 3.05) is 18.2 Å². The van der Waals surface area contributed by atoms with Crippen molar-refractivity contribution in [2.24, 2.45) is 0 Å². The van der Waals surface area contributed by atoms with Crippen LogP contribution in [0.3, 0.4) is 0 Å². The molecule has 4 N–H and O–H groups in total. The predicted molar refractivity (Wildman–Crippen MR) is 76.0 cm³/mol. The topological polar surface area (TPSA) is 97.5 Å². The number of hydrogen-bond acceptors (Lipinski definition) is 5. The monoisotopic (exact) mass is 273 g/mol. The second-order valence-corrected chi connectivity index (χ2v) is 4.23. The number of methoxy groups -OCH3 is 1. The van der Waals surface area contributed by atoms with Crippen LogP contribution in [0.4, 0.5) is 11.5 Å². The summed E-state index contributed by atoms with van der Waals surface area (Å²) in [7, 11) is 1.52. The SMILES string of the molecule is COc1ccc(C(=O)Nc2nc(C)ccc2O)c(N)c1. The fraction of sp³-hybridized carbons (Fsp3) is 0.143. The van der Waals surface area contributed by atoms with Crippen LogP contribution in [0.5, 0.6) is 11.5 Å². The summed E-state index contributed by atoms with van der Waals surface area (Å²) in [4.78, 5) is 16.2. The Labute approximate surface area is 116 Å². The van der Waals surface area contributed by atoms with Gasteiger partial charge in [0, 0.05) is 17.4 Å². The van der Waals surface area contributed by atoms with Gasteiger partial charge in [0.25, 0.3) is 5.91 Å². The number of nitrogens with zero attached hydrogens (tertiary/aromatic N) is 1. The zero-order chi connectivity index (χ0) is 14.7. The fourth-order valence-corrected chi connectivity index (χ4v) is 1.69. The van der Waals surface area contributed by atoms with Crippen LogP contribution in [0.15, 0.2) is 30.3 Å². The summed E-state index contributed by atoms with van der Waals surface area (Å²) in [5.41, 5.74) is 7.05. The molecule has 1 aromatic heterocycles. The molecule has 0 saturated heterocycles. The van der Waals surface area contributed by atoms with Gasteiger partial charge < -0.3 is 20.9 Å². The summed E-state index contributed by atoms with van der Waals surface area (Å²) >= 11 is 0. The molecule has 0 saturated carbocycles. The number of nitrogens with two attached hydrogens (primary N) is 1. The summed E-state index contributed by atoms with van der Waals surface area (Å²) in [5.74, 6) is 0.121. The first-order chi connectivity index (χ1) is 9.51. The number of amides is 1. The molecule has 0 fully saturated rings. The Bertz CT molecular complexity index is 656. The van der Waals surface area contributed by atoms with Crippen LogP contribution in [0.25, 0.3) is 0 Å². The maximum absolute atomic E-state index is 12.1. The number of ether oxygens (including phenoxy) is 1. The first-order valence-electron chi connectivity index (χ1n) is 5.92. The molecule has 2 aromatic rings. The van der Waals surface area contributed by atoms with Crippen molar-refractivity contribution < 1.29 is 14.6 Å². The highest BCUT2D eigenvalue weighted by atomic mass is 16.5. The second-order valence-electron chi connectivity index (χ2n) is 4.23. The standard InChI is InChI=1S/C14H15N3O3/c1-8-3-6-12(18)13(16-8)17-14(19)10-5-4-9(20-2)7-11(10)15/h3-7,18H,15H2,1-2H3,(H,16,17,19). The van der Waals surface area contributed by atoms with E-state index in [1.807, 2.05) is 0 Å². The van der Waals surface area contributed by atoms with E-state index in [0.29, 0.717) is 11.4 Å². The van der Waals surface area contributed by atoms with Gasteiger partial charge in [0.05, 0.1) is 12.7 Å². The van der Waals surface area contributed by atoms with Crippen LogP contribution >= 0.6 is 0 Å². The molecule has 1 heterocycles. The highest BCUT2D eigenvalue weighted by Gasteiger charge is 2.13. The number of hydrogen-bond donors (Lipinski definition) is 3. The number of nitrogen functional groups attached to an aromatic ring is 1. The number of anilines is 2. The number of aromatic hydroxyl groups is 1. The first-order valence-corrected chi connectivity index (χ1v) is 5.92. The highest BCUT2D eigenvalue weighted by Crippen LogP contribution is 2.24. The molecule has 104 valence electrons. The van der Waals surface area contributed by atoms with Gasteiger partial charge in [-0.25, -0.2) is 4.98 Å². The smallest absolute Gasteiger partial charge is 0.259 e. The van der Waals surface area contributed by atoms with E-state index < -0.39 is 5.91 Å². The summed E-state index contributed by atoms with van der Waals surface area (Å²) < 4.78 is 5.02. The van der Waals surface area contributed by atoms with E-state index in [2.05, 4.69) is 10.3 Å². The molecule has 0 bridgehead atoms. The molecule has 1 aromatic carbocycles. The van der Waals surface area contributed by atoms with Crippen LogP contribution in [0.2, 0.25) is 0 Å². The number of pyridine rings is 1. The molecule has 6 heteroatoms. The fourth-order valence-electron chi connectivity index (χ4n) is 1.69. The molecular formula is C14H15N3O3. The molecule has 1 amide bonds. The Morgan fingerprint density at radius 3 is 2.75 bits per heavy atom. The number of carbonyl (C=O) groups excluding carboxylic acids is 1. The molecule has 0 aliphatic heterocycles. The van der Waals surface area contributed by atoms with Gasteiger partial charge in [-0.05, 0) is 31.2 Å². The van der Waals surface area contributed by atoms with Gasteiger partial charge in [-0.15, -0.1) is 0 Å². The lowest BCUT2D eigenvalue weighted by Gasteiger charge is -2.10. The Kier molecular flexibility index (Phi) is 3.74. The maximum Gasteiger partial charge on any atom is 0.259 e. The summed E-state index contributed by atoms with van der Waals surface area (Å²) in [6.45, 7) is 1.76. The average Bonchev–Trinajstić information content (AvgIpc) is 2.42. The summed E-state index contributed by atoms with van der Waals surface area (Å²) in [5, 5.41) is 12.2. The van der Waals surface area contributed by atoms with Gasteiger partial charge in [0.15, 0.2) is 11.6 Å². The van der Waals surface area contributed by atoms with Gasteiger partial charge in [0.1, 0.15) is 5.75 Å². The molecule has 0 atom stereocenters. The van der Waals surface area contributed by atoms with E-state index >= 15 is 0 Å². The Balaban J connectivity index is 2.26. The molecule has 2 rings (SSSR count). The van der Waals surface area contributed by atoms with Crippen molar-refractivity contribution in [1.82, 2.24) is 4.98 Å². The third kappa shape index (κ3) is 2.80. The predicted octanol–water partition coefficient (Wildman–Crippen LogP) is 1.94. The Morgan fingerprint density at radius 2 is 2.10 bits per heavy atom. The Morgan fingerprint density at radius 1 is 1.35 bits per heavy atom. The number of rotatable bonds is 3. The normalized spacial score (nSPS) is 10.1. The molecule has 0 spiro atoms. The van der Waals surface area contributed by atoms with Crippen LogP contribution in [0.1, 0.15) is 16.1 Å². The summed E-state index contributed by atoms with van der Waals surface area (Å²) in [6, 6.07) is 7.85. The molecule has 20 heavy (non-hydrogen) atoms. The lowest BCUT2D eigenvalue weighted by atomic mass is 10.1. The molecule has 0 aliphatic carbocycles. The molecule has 6 nitrogen and oxygen atoms in total. The van der Waals surface area contributed by atoms with Crippen LogP contribution in [-0.4, -0.2) is 23.1 Å². The van der Waals surface area contributed by atoms with E-state index in [-0.39, 0.29) is 22.8 Å². The number of aryl methyl sites for hydroxylation is 1. The van der Waals surface area contributed by atoms with E-state index in [1.165, 1.54) is 13.2 Å². The van der Waals surface area contributed by atoms with Crippen molar-refractivity contribution in [3.8, 4) is 11.5 Å². The van der Waals surface area contributed by atoms with Crippen molar-refractivity contribution in [1.29, 1.82) is 0 Å². The molecule has 0 aliphatic rings. The largest absolute Gasteiger partial charge is 0.504 e. The number of benzene rings is 1. The average molecular weight is 273 g/mol. The third-order valence-corrected chi connectivity index (χ3v) is 2.75. The lowest BCUT2D eigenvalue weighted by Crippen LogP contribution is -2.15. The van der Waals surface area contributed by atoms with Crippen LogP contribution in [-0.2, 0) is 0 Å². The second kappa shape index (κ2) is 5.48. The van der Waals surface area contributed by atoms with Crippen molar-refractivity contribution in [2.45, 2.75) is 6.92 Å². The van der Waals surface area contributed by atoms with Gasteiger partial charge in [-0.2, -0.15) is 0 Å². The molecule has 0 unspecified atom stereocenters. The van der Waals surface area contributed by atoms with Gasteiger partial charge in [-0.3, -0.25) is 4.79 Å². The third-order valence-electron chi connectivity index (χ3n) is 2.75. The van der Waals surface area contributed by atoms with E-state index in [9.17, 15) is 9.90 Å². The number of nitrogens with one attached hydrogen (secondary N) is 1. The van der Waals surface area contributed by atoms with E-state index in [0.717, 1.165) is 0 Å². The first kappa shape index (κ1) is 13.7. The van der Waals surface area contributed by atoms with Crippen molar-refractivity contribution >= 4 is 17.4 Å². The minimum Gasteiger partial charge on any atom is -0.504 e. The zero-order valence-corrected chi connectivity index (χ0v) is 11.2. The minimum atomic E-state index is -0.446. The molecular weight excluding hydrogens is 258 g/mol.